The predicted molar refractivity (Wildman–Crippen MR) is 121 cm³/mol. The number of nitrogens with one attached hydrogen (secondary N) is 2. The molecule has 0 saturated carbocycles. The minimum Gasteiger partial charge on any atom is -0.379 e. The standard InChI is InChI=1S/C20H33FN4O.HI/c1-5-22-19(23-14-16(2)25-9-11-26-12-10-25)24-15-20(3,4)17-7-6-8-18(21)13-17;/h6-8,13,16H,5,9-12,14-15H2,1-4H3,(H2,22,23,24);1H. The third-order valence-electron chi connectivity index (χ3n) is 4.82. The molecular weight excluding hydrogens is 458 g/mol. The number of guanidine groups is 1. The lowest BCUT2D eigenvalue weighted by Crippen LogP contribution is -2.49. The summed E-state index contributed by atoms with van der Waals surface area (Å²) in [5.74, 6) is 0.598. The van der Waals surface area contributed by atoms with Gasteiger partial charge in [0.1, 0.15) is 5.82 Å². The molecule has 1 aliphatic rings. The zero-order valence-corrected chi connectivity index (χ0v) is 19.3. The molecule has 1 atom stereocenters. The summed E-state index contributed by atoms with van der Waals surface area (Å²) in [5, 5.41) is 6.73. The fourth-order valence-corrected chi connectivity index (χ4v) is 3.01. The normalized spacial score (nSPS) is 17.1. The molecular formula is C20H34FIN4O. The summed E-state index contributed by atoms with van der Waals surface area (Å²) in [6.45, 7) is 14.2. The lowest BCUT2D eigenvalue weighted by atomic mass is 9.85. The highest BCUT2D eigenvalue weighted by Crippen LogP contribution is 2.24. The second-order valence-electron chi connectivity index (χ2n) is 7.47. The first kappa shape index (κ1) is 24.1. The van der Waals surface area contributed by atoms with Crippen molar-refractivity contribution in [2.75, 3.05) is 45.9 Å². The summed E-state index contributed by atoms with van der Waals surface area (Å²) >= 11 is 0. The highest BCUT2D eigenvalue weighted by Gasteiger charge is 2.21. The van der Waals surface area contributed by atoms with Gasteiger partial charge in [-0.3, -0.25) is 9.89 Å². The number of rotatable bonds is 7. The predicted octanol–water partition coefficient (Wildman–Crippen LogP) is 3.00. The summed E-state index contributed by atoms with van der Waals surface area (Å²) in [5.41, 5.74) is 0.721. The first-order chi connectivity index (χ1) is 12.4. The van der Waals surface area contributed by atoms with Crippen LogP contribution in [0, 0.1) is 5.82 Å². The Labute approximate surface area is 180 Å². The van der Waals surface area contributed by atoms with E-state index in [9.17, 15) is 4.39 Å². The molecule has 0 aliphatic carbocycles. The van der Waals surface area contributed by atoms with Gasteiger partial charge in [0.2, 0.25) is 0 Å². The van der Waals surface area contributed by atoms with Gasteiger partial charge in [-0.15, -0.1) is 24.0 Å². The minimum absolute atomic E-state index is 0. The van der Waals surface area contributed by atoms with Gasteiger partial charge in [0.05, 0.1) is 19.8 Å². The number of ether oxygens (including phenoxy) is 1. The van der Waals surface area contributed by atoms with Gasteiger partial charge >= 0.3 is 0 Å². The van der Waals surface area contributed by atoms with Crippen molar-refractivity contribution in [1.29, 1.82) is 0 Å². The second kappa shape index (κ2) is 11.8. The van der Waals surface area contributed by atoms with Crippen LogP contribution in [-0.4, -0.2) is 62.8 Å². The monoisotopic (exact) mass is 492 g/mol. The number of benzene rings is 1. The van der Waals surface area contributed by atoms with E-state index in [-0.39, 0.29) is 35.2 Å². The maximum atomic E-state index is 13.5. The Bertz CT molecular complexity index is 591. The molecule has 1 fully saturated rings. The van der Waals surface area contributed by atoms with E-state index in [0.29, 0.717) is 12.6 Å². The fourth-order valence-electron chi connectivity index (χ4n) is 3.01. The van der Waals surface area contributed by atoms with E-state index in [1.807, 2.05) is 6.07 Å². The average Bonchev–Trinajstić information content (AvgIpc) is 2.64. The largest absolute Gasteiger partial charge is 0.379 e. The Balaban J connectivity index is 0.00000364. The Morgan fingerprint density at radius 2 is 2.00 bits per heavy atom. The molecule has 1 heterocycles. The molecule has 0 aromatic heterocycles. The van der Waals surface area contributed by atoms with Crippen LogP contribution in [0.4, 0.5) is 4.39 Å². The molecule has 7 heteroatoms. The average molecular weight is 492 g/mol. The lowest BCUT2D eigenvalue weighted by Gasteiger charge is -2.32. The van der Waals surface area contributed by atoms with E-state index in [0.717, 1.165) is 50.9 Å². The van der Waals surface area contributed by atoms with Crippen LogP contribution in [0.2, 0.25) is 0 Å². The van der Waals surface area contributed by atoms with Crippen LogP contribution >= 0.6 is 24.0 Å². The van der Waals surface area contributed by atoms with E-state index in [4.69, 9.17) is 9.73 Å². The molecule has 27 heavy (non-hydrogen) atoms. The third-order valence-corrected chi connectivity index (χ3v) is 4.82. The van der Waals surface area contributed by atoms with Gasteiger partial charge in [0.25, 0.3) is 0 Å². The lowest BCUT2D eigenvalue weighted by molar-refractivity contribution is 0.0211. The zero-order chi connectivity index (χ0) is 19.0. The van der Waals surface area contributed by atoms with Crippen LogP contribution in [-0.2, 0) is 10.2 Å². The van der Waals surface area contributed by atoms with Crippen LogP contribution in [0.3, 0.4) is 0 Å². The van der Waals surface area contributed by atoms with Crippen molar-refractivity contribution in [2.45, 2.75) is 39.2 Å². The number of hydrogen-bond donors (Lipinski definition) is 2. The van der Waals surface area contributed by atoms with E-state index < -0.39 is 0 Å². The SMILES string of the molecule is CCNC(=NCC(C)(C)c1cccc(F)c1)NCC(C)N1CCOCC1.I. The molecule has 1 aromatic rings. The van der Waals surface area contributed by atoms with Gasteiger partial charge in [-0.2, -0.15) is 0 Å². The molecule has 0 bridgehead atoms. The van der Waals surface area contributed by atoms with Crippen molar-refractivity contribution < 1.29 is 9.13 Å². The molecule has 2 N–H and O–H groups in total. The summed E-state index contributed by atoms with van der Waals surface area (Å²) in [4.78, 5) is 7.16. The smallest absolute Gasteiger partial charge is 0.191 e. The van der Waals surface area contributed by atoms with E-state index in [1.54, 1.807) is 12.1 Å². The minimum atomic E-state index is -0.236. The molecule has 0 amide bonds. The quantitative estimate of drug-likeness (QED) is 0.349. The summed E-state index contributed by atoms with van der Waals surface area (Å²) in [7, 11) is 0. The van der Waals surface area contributed by atoms with Crippen LogP contribution in [0.15, 0.2) is 29.3 Å². The summed E-state index contributed by atoms with van der Waals surface area (Å²) < 4.78 is 18.9. The van der Waals surface area contributed by atoms with Crippen LogP contribution in [0.25, 0.3) is 0 Å². The van der Waals surface area contributed by atoms with Crippen molar-refractivity contribution >= 4 is 29.9 Å². The highest BCUT2D eigenvalue weighted by molar-refractivity contribution is 14.0. The van der Waals surface area contributed by atoms with E-state index in [2.05, 4.69) is 43.2 Å². The Hall–Kier alpha value is -0.930. The second-order valence-corrected chi connectivity index (χ2v) is 7.47. The zero-order valence-electron chi connectivity index (χ0n) is 16.9. The Morgan fingerprint density at radius 1 is 1.30 bits per heavy atom. The van der Waals surface area contributed by atoms with Crippen molar-refractivity contribution in [3.8, 4) is 0 Å². The van der Waals surface area contributed by atoms with Gasteiger partial charge < -0.3 is 15.4 Å². The maximum Gasteiger partial charge on any atom is 0.191 e. The fraction of sp³-hybridized carbons (Fsp3) is 0.650. The van der Waals surface area contributed by atoms with Crippen molar-refractivity contribution in [3.63, 3.8) is 0 Å². The number of hydrogen-bond acceptors (Lipinski definition) is 3. The molecule has 1 aliphatic heterocycles. The Kier molecular flexibility index (Phi) is 10.5. The molecule has 1 aromatic carbocycles. The summed E-state index contributed by atoms with van der Waals surface area (Å²) in [6.07, 6.45) is 0. The van der Waals surface area contributed by atoms with Gasteiger partial charge in [0, 0.05) is 37.6 Å². The van der Waals surface area contributed by atoms with Crippen LogP contribution in [0.5, 0.6) is 0 Å². The highest BCUT2D eigenvalue weighted by atomic mass is 127. The summed E-state index contributed by atoms with van der Waals surface area (Å²) in [6, 6.07) is 7.19. The molecule has 1 saturated heterocycles. The Morgan fingerprint density at radius 3 is 2.63 bits per heavy atom. The molecule has 1 unspecified atom stereocenters. The van der Waals surface area contributed by atoms with Crippen molar-refractivity contribution in [2.24, 2.45) is 4.99 Å². The van der Waals surface area contributed by atoms with Crippen LogP contribution < -0.4 is 10.6 Å². The van der Waals surface area contributed by atoms with Gasteiger partial charge in [0.15, 0.2) is 5.96 Å². The van der Waals surface area contributed by atoms with Crippen LogP contribution in [0.1, 0.15) is 33.3 Å². The maximum absolute atomic E-state index is 13.5. The van der Waals surface area contributed by atoms with E-state index in [1.165, 1.54) is 6.07 Å². The van der Waals surface area contributed by atoms with Crippen molar-refractivity contribution in [1.82, 2.24) is 15.5 Å². The van der Waals surface area contributed by atoms with Gasteiger partial charge in [-0.05, 0) is 31.5 Å². The van der Waals surface area contributed by atoms with Crippen molar-refractivity contribution in [3.05, 3.63) is 35.6 Å². The number of morpholine rings is 1. The van der Waals surface area contributed by atoms with E-state index >= 15 is 0 Å². The molecule has 0 radical (unpaired) electrons. The first-order valence-corrected chi connectivity index (χ1v) is 9.52. The first-order valence-electron chi connectivity index (χ1n) is 9.52. The number of halogens is 2. The molecule has 0 spiro atoms. The number of aliphatic imine (C=N–C) groups is 1. The third kappa shape index (κ3) is 7.91. The topological polar surface area (TPSA) is 48.9 Å². The van der Waals surface area contributed by atoms with Gasteiger partial charge in [-0.1, -0.05) is 26.0 Å². The molecule has 2 rings (SSSR count). The molecule has 5 nitrogen and oxygen atoms in total. The van der Waals surface area contributed by atoms with Gasteiger partial charge in [-0.25, -0.2) is 4.39 Å². The molecule has 154 valence electrons. The number of nitrogens with zero attached hydrogens (tertiary/aromatic N) is 2.